The fourth-order valence-electron chi connectivity index (χ4n) is 3.53. The van der Waals surface area contributed by atoms with Gasteiger partial charge in [0.25, 0.3) is 5.56 Å². The van der Waals surface area contributed by atoms with Crippen molar-refractivity contribution in [2.24, 2.45) is 0 Å². The van der Waals surface area contributed by atoms with Gasteiger partial charge in [0.2, 0.25) is 0 Å². The standard InChI is InChI=1S/C22H27F3N4O3/c1-13(26-20(31)32-21(2,3)4)11-29-10-9-17-16(12-29)19(30)28-18(27-17)14-5-7-15(8-6-14)22(23,24)25/h5-8,13H,9-12H2,1-4H3,(H,26,31)(H,27,28,30). The molecule has 0 saturated heterocycles. The summed E-state index contributed by atoms with van der Waals surface area (Å²) in [6.07, 6.45) is -4.40. The van der Waals surface area contributed by atoms with E-state index in [2.05, 4.69) is 15.3 Å². The molecule has 0 aliphatic carbocycles. The third-order valence-corrected chi connectivity index (χ3v) is 4.93. The molecular formula is C22H27F3N4O3. The molecule has 32 heavy (non-hydrogen) atoms. The van der Waals surface area contributed by atoms with Crippen LogP contribution in [0.3, 0.4) is 0 Å². The summed E-state index contributed by atoms with van der Waals surface area (Å²) in [4.78, 5) is 33.8. The second-order valence-corrected chi connectivity index (χ2v) is 8.95. The zero-order valence-corrected chi connectivity index (χ0v) is 18.5. The number of alkyl halides is 3. The number of alkyl carbamates (subject to hydrolysis) is 1. The number of ether oxygens (including phenoxy) is 1. The second-order valence-electron chi connectivity index (χ2n) is 8.95. The fourth-order valence-corrected chi connectivity index (χ4v) is 3.53. The minimum absolute atomic E-state index is 0.190. The lowest BCUT2D eigenvalue weighted by molar-refractivity contribution is -0.137. The van der Waals surface area contributed by atoms with Crippen molar-refractivity contribution in [1.82, 2.24) is 20.2 Å². The average Bonchev–Trinajstić information content (AvgIpc) is 2.66. The molecular weight excluding hydrogens is 425 g/mol. The van der Waals surface area contributed by atoms with Gasteiger partial charge in [0.15, 0.2) is 0 Å². The van der Waals surface area contributed by atoms with Crippen molar-refractivity contribution in [1.29, 1.82) is 0 Å². The predicted molar refractivity (Wildman–Crippen MR) is 113 cm³/mol. The highest BCUT2D eigenvalue weighted by atomic mass is 19.4. The lowest BCUT2D eigenvalue weighted by Crippen LogP contribution is -2.46. The zero-order chi connectivity index (χ0) is 23.7. The predicted octanol–water partition coefficient (Wildman–Crippen LogP) is 3.73. The van der Waals surface area contributed by atoms with Gasteiger partial charge >= 0.3 is 12.3 Å². The maximum atomic E-state index is 12.8. The number of carbonyl (C=O) groups is 1. The Balaban J connectivity index is 1.68. The number of carbonyl (C=O) groups excluding carboxylic acids is 1. The number of fused-ring (bicyclic) bond motifs is 1. The Morgan fingerprint density at radius 1 is 1.25 bits per heavy atom. The Bertz CT molecular complexity index is 1030. The molecule has 10 heteroatoms. The summed E-state index contributed by atoms with van der Waals surface area (Å²) < 4.78 is 43.6. The van der Waals surface area contributed by atoms with Crippen LogP contribution in [0.4, 0.5) is 18.0 Å². The summed E-state index contributed by atoms with van der Waals surface area (Å²) in [5, 5.41) is 2.78. The van der Waals surface area contributed by atoms with Crippen LogP contribution in [0.25, 0.3) is 11.4 Å². The molecule has 1 aliphatic heterocycles. The van der Waals surface area contributed by atoms with E-state index < -0.39 is 23.4 Å². The van der Waals surface area contributed by atoms with Crippen LogP contribution in [0.1, 0.15) is 44.5 Å². The van der Waals surface area contributed by atoms with Crippen LogP contribution in [0.5, 0.6) is 0 Å². The van der Waals surface area contributed by atoms with E-state index in [1.807, 2.05) is 11.8 Å². The molecule has 1 aliphatic rings. The topological polar surface area (TPSA) is 87.3 Å². The maximum absolute atomic E-state index is 12.8. The van der Waals surface area contributed by atoms with Crippen molar-refractivity contribution in [2.45, 2.75) is 58.5 Å². The van der Waals surface area contributed by atoms with Crippen LogP contribution < -0.4 is 10.9 Å². The number of nitrogens with one attached hydrogen (secondary N) is 2. The minimum Gasteiger partial charge on any atom is -0.444 e. The minimum atomic E-state index is -4.42. The van der Waals surface area contributed by atoms with E-state index in [0.717, 1.165) is 12.1 Å². The van der Waals surface area contributed by atoms with Gasteiger partial charge in [-0.25, -0.2) is 9.78 Å². The average molecular weight is 452 g/mol. The number of H-pyrrole nitrogens is 1. The molecule has 1 atom stereocenters. The Labute approximate surface area is 184 Å². The number of nitrogens with zero attached hydrogens (tertiary/aromatic N) is 2. The van der Waals surface area contributed by atoms with Crippen molar-refractivity contribution in [3.63, 3.8) is 0 Å². The quantitative estimate of drug-likeness (QED) is 0.738. The van der Waals surface area contributed by atoms with Crippen LogP contribution in [0, 0.1) is 0 Å². The number of amides is 1. The fraction of sp³-hybridized carbons (Fsp3) is 0.500. The van der Waals surface area contributed by atoms with Gasteiger partial charge in [-0.15, -0.1) is 0 Å². The van der Waals surface area contributed by atoms with Gasteiger partial charge in [0.05, 0.1) is 16.8 Å². The molecule has 1 unspecified atom stereocenters. The van der Waals surface area contributed by atoms with Crippen LogP contribution in [-0.2, 0) is 23.9 Å². The second kappa shape index (κ2) is 8.93. The van der Waals surface area contributed by atoms with Gasteiger partial charge < -0.3 is 15.0 Å². The van der Waals surface area contributed by atoms with E-state index in [1.54, 1.807) is 20.8 Å². The van der Waals surface area contributed by atoms with Gasteiger partial charge in [-0.1, -0.05) is 12.1 Å². The third-order valence-electron chi connectivity index (χ3n) is 4.93. The molecule has 7 nitrogen and oxygen atoms in total. The van der Waals surface area contributed by atoms with E-state index in [9.17, 15) is 22.8 Å². The van der Waals surface area contributed by atoms with Crippen molar-refractivity contribution in [3.8, 4) is 11.4 Å². The van der Waals surface area contributed by atoms with Crippen LogP contribution in [-0.4, -0.2) is 45.7 Å². The molecule has 174 valence electrons. The SMILES string of the molecule is CC(CN1CCc2nc(-c3ccc(C(F)(F)F)cc3)[nH]c(=O)c2C1)NC(=O)OC(C)(C)C. The van der Waals surface area contributed by atoms with Gasteiger partial charge in [-0.3, -0.25) is 9.69 Å². The number of rotatable bonds is 4. The molecule has 0 fully saturated rings. The van der Waals surface area contributed by atoms with Crippen LogP contribution in [0.15, 0.2) is 29.1 Å². The van der Waals surface area contributed by atoms with E-state index in [0.29, 0.717) is 42.9 Å². The van der Waals surface area contributed by atoms with Crippen molar-refractivity contribution >= 4 is 6.09 Å². The molecule has 2 N–H and O–H groups in total. The normalized spacial score (nSPS) is 15.7. The smallest absolute Gasteiger partial charge is 0.416 e. The van der Waals surface area contributed by atoms with Crippen LogP contribution in [0.2, 0.25) is 0 Å². The van der Waals surface area contributed by atoms with Crippen molar-refractivity contribution < 1.29 is 22.7 Å². The molecule has 3 rings (SSSR count). The molecule has 0 radical (unpaired) electrons. The summed E-state index contributed by atoms with van der Waals surface area (Å²) >= 11 is 0. The van der Waals surface area contributed by atoms with Crippen molar-refractivity contribution in [3.05, 3.63) is 51.4 Å². The summed E-state index contributed by atoms with van der Waals surface area (Å²) in [6.45, 7) is 8.75. The number of aromatic amines is 1. The highest BCUT2D eigenvalue weighted by molar-refractivity contribution is 5.68. The van der Waals surface area contributed by atoms with E-state index in [-0.39, 0.29) is 17.4 Å². The molecule has 1 aromatic heterocycles. The van der Waals surface area contributed by atoms with E-state index in [4.69, 9.17) is 4.74 Å². The Morgan fingerprint density at radius 2 is 1.91 bits per heavy atom. The van der Waals surface area contributed by atoms with Gasteiger partial charge in [-0.2, -0.15) is 13.2 Å². The molecule has 0 spiro atoms. The Morgan fingerprint density at radius 3 is 2.50 bits per heavy atom. The Kier molecular flexibility index (Phi) is 6.64. The van der Waals surface area contributed by atoms with Gasteiger partial charge in [0.1, 0.15) is 11.4 Å². The third kappa shape index (κ3) is 6.09. The molecule has 0 saturated carbocycles. The number of hydrogen-bond donors (Lipinski definition) is 2. The van der Waals surface area contributed by atoms with E-state index in [1.165, 1.54) is 12.1 Å². The van der Waals surface area contributed by atoms with Crippen LogP contribution >= 0.6 is 0 Å². The largest absolute Gasteiger partial charge is 0.444 e. The van der Waals surface area contributed by atoms with E-state index >= 15 is 0 Å². The molecule has 0 bridgehead atoms. The molecule has 1 amide bonds. The number of hydrogen-bond acceptors (Lipinski definition) is 5. The Hall–Kier alpha value is -2.88. The zero-order valence-electron chi connectivity index (χ0n) is 18.5. The lowest BCUT2D eigenvalue weighted by Gasteiger charge is -2.30. The first-order valence-electron chi connectivity index (χ1n) is 10.3. The molecule has 2 aromatic rings. The molecule has 2 heterocycles. The summed E-state index contributed by atoms with van der Waals surface area (Å²) in [5.41, 5.74) is -0.0920. The molecule has 1 aromatic carbocycles. The first-order valence-corrected chi connectivity index (χ1v) is 10.3. The summed E-state index contributed by atoms with van der Waals surface area (Å²) in [5.74, 6) is 0.246. The van der Waals surface area contributed by atoms with Gasteiger partial charge in [0, 0.05) is 37.7 Å². The maximum Gasteiger partial charge on any atom is 0.416 e. The van der Waals surface area contributed by atoms with Crippen molar-refractivity contribution in [2.75, 3.05) is 13.1 Å². The number of halogens is 3. The summed E-state index contributed by atoms with van der Waals surface area (Å²) in [6, 6.07) is 4.34. The first kappa shape index (κ1) is 23.8. The van der Waals surface area contributed by atoms with Gasteiger partial charge in [-0.05, 0) is 39.8 Å². The highest BCUT2D eigenvalue weighted by Crippen LogP contribution is 2.30. The lowest BCUT2D eigenvalue weighted by atomic mass is 10.1. The monoisotopic (exact) mass is 452 g/mol. The number of benzene rings is 1. The highest BCUT2D eigenvalue weighted by Gasteiger charge is 2.30. The number of aromatic nitrogens is 2. The first-order chi connectivity index (χ1) is 14.8. The summed E-state index contributed by atoms with van der Waals surface area (Å²) in [7, 11) is 0.